The lowest BCUT2D eigenvalue weighted by molar-refractivity contribution is -0.143. The maximum atomic E-state index is 11.7. The zero-order valence-electron chi connectivity index (χ0n) is 11.5. The molecule has 1 aliphatic carbocycles. The lowest BCUT2D eigenvalue weighted by Crippen LogP contribution is -2.37. The highest BCUT2D eigenvalue weighted by Gasteiger charge is 2.43. The summed E-state index contributed by atoms with van der Waals surface area (Å²) in [5, 5.41) is 12.5. The molecule has 0 bridgehead atoms. The van der Waals surface area contributed by atoms with Crippen LogP contribution in [0, 0.1) is 0 Å². The van der Waals surface area contributed by atoms with Crippen LogP contribution in [0.2, 0.25) is 0 Å². The molecule has 1 saturated carbocycles. The number of aliphatic carboxylic acids is 1. The lowest BCUT2D eigenvalue weighted by atomic mass is 9.78. The summed E-state index contributed by atoms with van der Waals surface area (Å²) in [6, 6.07) is 5.59. The van der Waals surface area contributed by atoms with Crippen LogP contribution in [-0.4, -0.2) is 30.6 Å². The van der Waals surface area contributed by atoms with Gasteiger partial charge in [0, 0.05) is 7.05 Å². The summed E-state index contributed by atoms with van der Waals surface area (Å²) >= 11 is 0. The number of hydrogen-bond donors (Lipinski definition) is 2. The van der Waals surface area contributed by atoms with Gasteiger partial charge >= 0.3 is 5.97 Å². The summed E-state index contributed by atoms with van der Waals surface area (Å²) < 4.78 is 0. The van der Waals surface area contributed by atoms with E-state index in [2.05, 4.69) is 5.32 Å². The fourth-order valence-electron chi connectivity index (χ4n) is 3.35. The number of anilines is 2. The van der Waals surface area contributed by atoms with Gasteiger partial charge in [-0.3, -0.25) is 9.59 Å². The van der Waals surface area contributed by atoms with E-state index >= 15 is 0 Å². The van der Waals surface area contributed by atoms with Gasteiger partial charge in [0.1, 0.15) is 0 Å². The van der Waals surface area contributed by atoms with E-state index in [0.29, 0.717) is 19.4 Å². The molecule has 1 heterocycles. The zero-order chi connectivity index (χ0) is 14.3. The summed E-state index contributed by atoms with van der Waals surface area (Å²) in [6.45, 7) is 0.302. The molecule has 2 N–H and O–H groups in total. The normalized spacial score (nSPS) is 20.4. The third-order valence-corrected chi connectivity index (χ3v) is 4.48. The minimum Gasteiger partial charge on any atom is -0.481 e. The Balaban J connectivity index is 2.06. The Morgan fingerprint density at radius 2 is 2.05 bits per heavy atom. The molecule has 3 rings (SSSR count). The average molecular weight is 274 g/mol. The van der Waals surface area contributed by atoms with Gasteiger partial charge < -0.3 is 15.3 Å². The lowest BCUT2D eigenvalue weighted by Gasteiger charge is -2.31. The molecule has 1 aliphatic heterocycles. The quantitative estimate of drug-likeness (QED) is 0.865. The van der Waals surface area contributed by atoms with Crippen molar-refractivity contribution in [3.63, 3.8) is 0 Å². The second kappa shape index (κ2) is 4.51. The largest absolute Gasteiger partial charge is 0.481 e. The number of amides is 1. The number of hydrogen-bond acceptors (Lipinski definition) is 3. The Bertz CT molecular complexity index is 576. The molecule has 106 valence electrons. The van der Waals surface area contributed by atoms with Gasteiger partial charge in [-0.2, -0.15) is 0 Å². The summed E-state index contributed by atoms with van der Waals surface area (Å²) in [6.07, 6.45) is 3.29. The van der Waals surface area contributed by atoms with Crippen molar-refractivity contribution >= 4 is 23.3 Å². The van der Waals surface area contributed by atoms with Crippen molar-refractivity contribution < 1.29 is 14.7 Å². The van der Waals surface area contributed by atoms with Gasteiger partial charge in [-0.15, -0.1) is 0 Å². The van der Waals surface area contributed by atoms with Crippen LogP contribution in [0.5, 0.6) is 0 Å². The highest BCUT2D eigenvalue weighted by atomic mass is 16.4. The summed E-state index contributed by atoms with van der Waals surface area (Å²) in [4.78, 5) is 25.1. The third-order valence-electron chi connectivity index (χ3n) is 4.48. The van der Waals surface area contributed by atoms with E-state index in [1.807, 2.05) is 30.1 Å². The first kappa shape index (κ1) is 13.0. The Kier molecular flexibility index (Phi) is 2.92. The molecule has 0 radical (unpaired) electrons. The Hall–Kier alpha value is -2.04. The molecule has 2 aliphatic rings. The van der Waals surface area contributed by atoms with Gasteiger partial charge in [0.05, 0.1) is 23.3 Å². The number of carbonyl (C=O) groups excluding carboxylic acids is 1. The molecule has 1 amide bonds. The summed E-state index contributed by atoms with van der Waals surface area (Å²) in [7, 11) is 1.85. The minimum absolute atomic E-state index is 0.0402. The highest BCUT2D eigenvalue weighted by Crippen LogP contribution is 2.43. The second-order valence-corrected chi connectivity index (χ2v) is 5.73. The van der Waals surface area contributed by atoms with Crippen molar-refractivity contribution in [3.8, 4) is 0 Å². The number of carbonyl (C=O) groups is 2. The zero-order valence-corrected chi connectivity index (χ0v) is 11.5. The van der Waals surface area contributed by atoms with Crippen LogP contribution in [0.1, 0.15) is 31.2 Å². The summed E-state index contributed by atoms with van der Waals surface area (Å²) in [5.41, 5.74) is 1.75. The van der Waals surface area contributed by atoms with E-state index in [9.17, 15) is 14.7 Å². The monoisotopic (exact) mass is 274 g/mol. The van der Waals surface area contributed by atoms with Crippen LogP contribution in [0.25, 0.3) is 0 Å². The fourth-order valence-corrected chi connectivity index (χ4v) is 3.35. The molecule has 0 spiro atoms. The average Bonchev–Trinajstić information content (AvgIpc) is 2.89. The van der Waals surface area contributed by atoms with Gasteiger partial charge in [-0.25, -0.2) is 0 Å². The van der Waals surface area contributed by atoms with Crippen LogP contribution in [0.15, 0.2) is 18.2 Å². The van der Waals surface area contributed by atoms with E-state index < -0.39 is 11.4 Å². The molecule has 0 unspecified atom stereocenters. The number of benzene rings is 1. The number of rotatable bonds is 2. The maximum absolute atomic E-state index is 11.7. The van der Waals surface area contributed by atoms with Gasteiger partial charge in [0.25, 0.3) is 0 Å². The van der Waals surface area contributed by atoms with Crippen LogP contribution in [0.4, 0.5) is 11.4 Å². The van der Waals surface area contributed by atoms with Crippen molar-refractivity contribution in [3.05, 3.63) is 23.8 Å². The summed E-state index contributed by atoms with van der Waals surface area (Å²) in [5.74, 6) is -0.779. The van der Waals surface area contributed by atoms with Crippen LogP contribution in [-0.2, 0) is 15.0 Å². The second-order valence-electron chi connectivity index (χ2n) is 5.73. The van der Waals surface area contributed by atoms with Crippen LogP contribution >= 0.6 is 0 Å². The van der Waals surface area contributed by atoms with Crippen molar-refractivity contribution in [2.24, 2.45) is 0 Å². The Morgan fingerprint density at radius 1 is 1.35 bits per heavy atom. The smallest absolute Gasteiger partial charge is 0.314 e. The van der Waals surface area contributed by atoms with Crippen molar-refractivity contribution in [2.45, 2.75) is 31.1 Å². The first-order valence-electron chi connectivity index (χ1n) is 6.92. The molecule has 1 fully saturated rings. The van der Waals surface area contributed by atoms with Crippen molar-refractivity contribution in [2.75, 3.05) is 23.8 Å². The van der Waals surface area contributed by atoms with Gasteiger partial charge in [0.2, 0.25) is 5.91 Å². The SMILES string of the molecule is CN1CC(=O)Nc2ccc(C3(C(=O)O)CCCC3)cc21. The Labute approximate surface area is 117 Å². The van der Waals surface area contributed by atoms with E-state index in [1.54, 1.807) is 0 Å². The molecule has 5 heteroatoms. The number of carboxylic acids is 1. The van der Waals surface area contributed by atoms with E-state index in [0.717, 1.165) is 29.8 Å². The maximum Gasteiger partial charge on any atom is 0.314 e. The molecule has 0 aromatic heterocycles. The van der Waals surface area contributed by atoms with E-state index in [4.69, 9.17) is 0 Å². The van der Waals surface area contributed by atoms with E-state index in [-0.39, 0.29) is 5.91 Å². The predicted octanol–water partition coefficient (Wildman–Crippen LogP) is 1.97. The van der Waals surface area contributed by atoms with Gasteiger partial charge in [-0.05, 0) is 30.5 Å². The molecule has 0 saturated heterocycles. The van der Waals surface area contributed by atoms with Crippen LogP contribution in [0.3, 0.4) is 0 Å². The topological polar surface area (TPSA) is 69.6 Å². The molecule has 1 aromatic carbocycles. The predicted molar refractivity (Wildman–Crippen MR) is 76.1 cm³/mol. The number of nitrogens with zero attached hydrogens (tertiary/aromatic N) is 1. The number of carboxylic acid groups (broad SMARTS) is 1. The van der Waals surface area contributed by atoms with Crippen molar-refractivity contribution in [1.82, 2.24) is 0 Å². The molecule has 0 atom stereocenters. The van der Waals surface area contributed by atoms with Crippen molar-refractivity contribution in [1.29, 1.82) is 0 Å². The Morgan fingerprint density at radius 3 is 2.70 bits per heavy atom. The number of likely N-dealkylation sites (N-methyl/N-ethyl adjacent to an activating group) is 1. The van der Waals surface area contributed by atoms with Gasteiger partial charge in [-0.1, -0.05) is 18.9 Å². The first-order valence-corrected chi connectivity index (χ1v) is 6.92. The molecule has 20 heavy (non-hydrogen) atoms. The molecule has 5 nitrogen and oxygen atoms in total. The molecular formula is C15H18N2O3. The van der Waals surface area contributed by atoms with E-state index in [1.165, 1.54) is 0 Å². The fraction of sp³-hybridized carbons (Fsp3) is 0.467. The standard InChI is InChI=1S/C15H18N2O3/c1-17-9-13(18)16-11-5-4-10(8-12(11)17)15(14(19)20)6-2-3-7-15/h4-5,8H,2-3,6-7,9H2,1H3,(H,16,18)(H,19,20). The van der Waals surface area contributed by atoms with Crippen LogP contribution < -0.4 is 10.2 Å². The third kappa shape index (κ3) is 1.85. The molecule has 1 aromatic rings. The minimum atomic E-state index is -0.753. The highest BCUT2D eigenvalue weighted by molar-refractivity contribution is 6.01. The first-order chi connectivity index (χ1) is 9.53. The molecular weight excluding hydrogens is 256 g/mol. The number of fused-ring (bicyclic) bond motifs is 1. The van der Waals surface area contributed by atoms with Gasteiger partial charge in [0.15, 0.2) is 0 Å². The number of nitrogens with one attached hydrogen (secondary N) is 1.